The Kier molecular flexibility index (Phi) is 8.96. The number of benzene rings is 2. The molecule has 0 aliphatic carbocycles. The van der Waals surface area contributed by atoms with Gasteiger partial charge in [-0.1, -0.05) is 0 Å². The van der Waals surface area contributed by atoms with Crippen LogP contribution in [0.2, 0.25) is 14.8 Å². The Morgan fingerprint density at radius 2 is 1.60 bits per heavy atom. The summed E-state index contributed by atoms with van der Waals surface area (Å²) in [6, 6.07) is 14.3. The van der Waals surface area contributed by atoms with E-state index in [0.717, 1.165) is 20.5 Å². The van der Waals surface area contributed by atoms with Crippen LogP contribution in [0.5, 0.6) is 5.75 Å². The van der Waals surface area contributed by atoms with Crippen molar-refractivity contribution in [2.24, 2.45) is 5.92 Å². The molecule has 0 bridgehead atoms. The molecule has 0 unspecified atom stereocenters. The average molecular weight is 539 g/mol. The molecule has 0 aliphatic heterocycles. The van der Waals surface area contributed by atoms with Gasteiger partial charge in [-0.2, -0.15) is 0 Å². The minimum atomic E-state index is -3.82. The zero-order valence-electron chi connectivity index (χ0n) is 18.5. The first kappa shape index (κ1) is 24.9. The van der Waals surface area contributed by atoms with Gasteiger partial charge in [-0.15, -0.1) is 0 Å². The first-order valence-corrected chi connectivity index (χ1v) is 21.3. The quantitative estimate of drug-likeness (QED) is 0.298. The van der Waals surface area contributed by atoms with E-state index in [2.05, 4.69) is 21.4 Å². The number of ether oxygens (including phenoxy) is 2. The molecular weight excluding hydrogens is 507 g/mol. The summed E-state index contributed by atoms with van der Waals surface area (Å²) in [5, 5.41) is 0. The molecule has 5 nitrogen and oxygen atoms in total. The number of rotatable bonds is 11. The zero-order chi connectivity index (χ0) is 22.4. The minimum absolute atomic E-state index is 0.0336. The zero-order valence-corrected chi connectivity index (χ0v) is 22.1. The van der Waals surface area contributed by atoms with Gasteiger partial charge in [0.1, 0.15) is 0 Å². The van der Waals surface area contributed by atoms with Gasteiger partial charge in [-0.3, -0.25) is 0 Å². The van der Waals surface area contributed by atoms with Crippen molar-refractivity contribution in [3.63, 3.8) is 0 Å². The summed E-state index contributed by atoms with van der Waals surface area (Å²) in [7, 11) is -2.19. The summed E-state index contributed by atoms with van der Waals surface area (Å²) < 4.78 is 42.8. The summed E-state index contributed by atoms with van der Waals surface area (Å²) in [6.07, 6.45) is 0. The second-order valence-corrected chi connectivity index (χ2v) is 24.7. The second-order valence-electron chi connectivity index (χ2n) is 8.39. The molecular formula is C23H32O5SSn. The normalized spacial score (nSPS) is 13.1. The van der Waals surface area contributed by atoms with Crippen molar-refractivity contribution in [1.82, 2.24) is 0 Å². The van der Waals surface area contributed by atoms with E-state index in [4.69, 9.17) is 13.7 Å². The SMILES string of the molecule is C=[C]([C@H](COCc1ccc(OC)cc1)COS(=O)(=O)c1ccc(C)cc1)[Sn]([CH3])([CH3])[CH3]. The van der Waals surface area contributed by atoms with E-state index in [-0.39, 0.29) is 17.4 Å². The van der Waals surface area contributed by atoms with Crippen LogP contribution in [-0.4, -0.2) is 47.1 Å². The first-order valence-electron chi connectivity index (χ1n) is 9.89. The monoisotopic (exact) mass is 540 g/mol. The molecule has 7 heteroatoms. The molecule has 0 saturated heterocycles. The van der Waals surface area contributed by atoms with Gasteiger partial charge in [0.25, 0.3) is 0 Å². The molecule has 0 spiro atoms. The van der Waals surface area contributed by atoms with Gasteiger partial charge in [0.15, 0.2) is 0 Å². The summed E-state index contributed by atoms with van der Waals surface area (Å²) >= 11 is -2.49. The maximum atomic E-state index is 12.6. The molecule has 0 aromatic heterocycles. The number of methoxy groups -OCH3 is 1. The number of hydrogen-bond acceptors (Lipinski definition) is 5. The molecule has 2 aromatic rings. The molecule has 0 heterocycles. The van der Waals surface area contributed by atoms with Gasteiger partial charge < -0.3 is 0 Å². The van der Waals surface area contributed by atoms with Crippen molar-refractivity contribution >= 4 is 28.5 Å². The van der Waals surface area contributed by atoms with E-state index in [0.29, 0.717) is 13.2 Å². The Morgan fingerprint density at radius 3 is 2.13 bits per heavy atom. The molecule has 2 rings (SSSR count). The van der Waals surface area contributed by atoms with Crippen LogP contribution in [0.4, 0.5) is 0 Å². The third kappa shape index (κ3) is 7.41. The molecule has 30 heavy (non-hydrogen) atoms. The fraction of sp³-hybridized carbons (Fsp3) is 0.391. The van der Waals surface area contributed by atoms with Crippen LogP contribution in [-0.2, 0) is 25.6 Å². The van der Waals surface area contributed by atoms with Crippen molar-refractivity contribution in [3.05, 3.63) is 69.8 Å². The van der Waals surface area contributed by atoms with Gasteiger partial charge in [0, 0.05) is 0 Å². The molecule has 164 valence electrons. The van der Waals surface area contributed by atoms with Gasteiger partial charge in [0.2, 0.25) is 0 Å². The second kappa shape index (κ2) is 10.8. The van der Waals surface area contributed by atoms with Crippen molar-refractivity contribution < 1.29 is 22.1 Å². The molecule has 0 amide bonds. The average Bonchev–Trinajstić information content (AvgIpc) is 2.70. The molecule has 0 aliphatic rings. The van der Waals surface area contributed by atoms with Gasteiger partial charge in [0.05, 0.1) is 0 Å². The fourth-order valence-corrected chi connectivity index (χ4v) is 7.77. The molecule has 0 radical (unpaired) electrons. The van der Waals surface area contributed by atoms with Crippen LogP contribution in [0.3, 0.4) is 0 Å². The van der Waals surface area contributed by atoms with E-state index >= 15 is 0 Å². The maximum absolute atomic E-state index is 12.6. The predicted octanol–water partition coefficient (Wildman–Crippen LogP) is 4.98. The van der Waals surface area contributed by atoms with E-state index in [1.54, 1.807) is 31.4 Å². The van der Waals surface area contributed by atoms with Crippen LogP contribution in [0.25, 0.3) is 0 Å². The van der Waals surface area contributed by atoms with Crippen molar-refractivity contribution in [2.75, 3.05) is 20.3 Å². The van der Waals surface area contributed by atoms with E-state index in [1.807, 2.05) is 31.2 Å². The number of aryl methyl sites for hydroxylation is 1. The van der Waals surface area contributed by atoms with Gasteiger partial charge in [-0.05, 0) is 0 Å². The van der Waals surface area contributed by atoms with E-state index < -0.39 is 28.5 Å². The van der Waals surface area contributed by atoms with Crippen molar-refractivity contribution in [3.8, 4) is 5.75 Å². The molecule has 0 saturated carbocycles. The summed E-state index contributed by atoms with van der Waals surface area (Å²) in [5.74, 6) is 0.626. The van der Waals surface area contributed by atoms with Gasteiger partial charge in [-0.25, -0.2) is 0 Å². The Balaban J connectivity index is 2.03. The third-order valence-electron chi connectivity index (χ3n) is 4.94. The van der Waals surface area contributed by atoms with Crippen LogP contribution in [0.15, 0.2) is 63.6 Å². The summed E-state index contributed by atoms with van der Waals surface area (Å²) in [5.41, 5.74) is 2.02. The van der Waals surface area contributed by atoms with E-state index in [1.165, 1.54) is 0 Å². The molecule has 2 aromatic carbocycles. The first-order chi connectivity index (χ1) is 14.0. The summed E-state index contributed by atoms with van der Waals surface area (Å²) in [4.78, 5) is 6.92. The predicted molar refractivity (Wildman–Crippen MR) is 123 cm³/mol. The van der Waals surface area contributed by atoms with Crippen LogP contribution in [0, 0.1) is 12.8 Å². The van der Waals surface area contributed by atoms with Crippen LogP contribution >= 0.6 is 0 Å². The number of hydrogen-bond donors (Lipinski definition) is 0. The fourth-order valence-electron chi connectivity index (χ4n) is 2.85. The van der Waals surface area contributed by atoms with Crippen molar-refractivity contribution in [1.29, 1.82) is 0 Å². The Morgan fingerprint density at radius 1 is 1.00 bits per heavy atom. The summed E-state index contributed by atoms with van der Waals surface area (Å²) in [6.45, 7) is 7.02. The topological polar surface area (TPSA) is 61.8 Å². The van der Waals surface area contributed by atoms with Crippen LogP contribution < -0.4 is 4.74 Å². The molecule has 1 atom stereocenters. The molecule has 0 fully saturated rings. The third-order valence-corrected chi connectivity index (χ3v) is 12.9. The Hall–Kier alpha value is -1.35. The Labute approximate surface area is 185 Å². The van der Waals surface area contributed by atoms with E-state index in [9.17, 15) is 8.42 Å². The molecule has 0 N–H and O–H groups in total. The standard InChI is InChI=1S/C20H23O5S.3CH3.Sn/c1-4-17(13-24-14-18-7-9-19(23-3)10-8-18)15-25-26(21,22)20-11-5-16(2)6-12-20;;;;/h5-12,17H,1,13-15H2,2-3H3;3*1H3;/t17-;;;;/m1..../s1. The van der Waals surface area contributed by atoms with Gasteiger partial charge >= 0.3 is 186 Å². The Bertz CT molecular complexity index is 929. The van der Waals surface area contributed by atoms with Crippen molar-refractivity contribution in [2.45, 2.75) is 33.2 Å². The van der Waals surface area contributed by atoms with Crippen LogP contribution in [0.1, 0.15) is 11.1 Å².